The normalized spacial score (nSPS) is 10.4. The van der Waals surface area contributed by atoms with Crippen LogP contribution in [-0.2, 0) is 0 Å². The average Bonchev–Trinajstić information content (AvgIpc) is 2.70. The van der Waals surface area contributed by atoms with Crippen molar-refractivity contribution >= 4 is 17.3 Å². The molecule has 0 aliphatic carbocycles. The van der Waals surface area contributed by atoms with Crippen LogP contribution in [0.4, 0.5) is 0 Å². The molecule has 1 aromatic carbocycles. The van der Waals surface area contributed by atoms with Crippen LogP contribution in [0.1, 0.15) is 20.8 Å². The van der Waals surface area contributed by atoms with E-state index >= 15 is 0 Å². The largest absolute Gasteiger partial charge is 0.477 e. The molecule has 82 valence electrons. The van der Waals surface area contributed by atoms with E-state index < -0.39 is 5.97 Å². The van der Waals surface area contributed by atoms with E-state index in [-0.39, 0.29) is 0 Å². The fourth-order valence-corrected chi connectivity index (χ4v) is 2.38. The molecule has 0 atom stereocenters. The van der Waals surface area contributed by atoms with Crippen molar-refractivity contribution in [3.05, 3.63) is 45.6 Å². The minimum absolute atomic E-state index is 0.385. The molecule has 0 saturated heterocycles. The number of rotatable bonds is 2. The Labute approximate surface area is 98.2 Å². The molecule has 0 fully saturated rings. The molecule has 2 aromatic rings. The number of benzene rings is 1. The Morgan fingerprint density at radius 3 is 2.62 bits per heavy atom. The molecule has 1 N–H and O–H groups in total. The summed E-state index contributed by atoms with van der Waals surface area (Å²) >= 11 is 1.27. The van der Waals surface area contributed by atoms with E-state index in [1.165, 1.54) is 22.5 Å². The molecular formula is C13H12O2S. The number of carboxylic acids is 1. The van der Waals surface area contributed by atoms with Gasteiger partial charge in [-0.3, -0.25) is 0 Å². The molecule has 1 heterocycles. The minimum Gasteiger partial charge on any atom is -0.477 e. The van der Waals surface area contributed by atoms with Crippen LogP contribution in [-0.4, -0.2) is 11.1 Å². The summed E-state index contributed by atoms with van der Waals surface area (Å²) in [4.78, 5) is 11.2. The van der Waals surface area contributed by atoms with Crippen LogP contribution in [0.3, 0.4) is 0 Å². The molecule has 0 aliphatic heterocycles. The molecule has 0 amide bonds. The van der Waals surface area contributed by atoms with Crippen molar-refractivity contribution in [2.24, 2.45) is 0 Å². The van der Waals surface area contributed by atoms with E-state index in [0.29, 0.717) is 4.88 Å². The zero-order valence-electron chi connectivity index (χ0n) is 9.15. The van der Waals surface area contributed by atoms with Crippen molar-refractivity contribution in [1.29, 1.82) is 0 Å². The second kappa shape index (κ2) is 4.10. The van der Waals surface area contributed by atoms with Gasteiger partial charge in [-0.05, 0) is 42.0 Å². The third-order valence-electron chi connectivity index (χ3n) is 2.51. The van der Waals surface area contributed by atoms with Gasteiger partial charge >= 0.3 is 5.97 Å². The fourth-order valence-electron chi connectivity index (χ4n) is 1.64. The Morgan fingerprint density at radius 1 is 1.25 bits per heavy atom. The number of hydrogen-bond acceptors (Lipinski definition) is 2. The van der Waals surface area contributed by atoms with Crippen LogP contribution < -0.4 is 0 Å². The predicted octanol–water partition coefficient (Wildman–Crippen LogP) is 3.73. The summed E-state index contributed by atoms with van der Waals surface area (Å²) in [5.41, 5.74) is 4.45. The second-order valence-corrected chi connectivity index (χ2v) is 4.73. The van der Waals surface area contributed by atoms with Crippen molar-refractivity contribution in [2.75, 3.05) is 0 Å². The summed E-state index contributed by atoms with van der Waals surface area (Å²) in [6, 6.07) is 7.93. The highest BCUT2D eigenvalue weighted by Crippen LogP contribution is 2.28. The first-order chi connectivity index (χ1) is 7.58. The smallest absolute Gasteiger partial charge is 0.345 e. The van der Waals surface area contributed by atoms with Gasteiger partial charge in [-0.1, -0.05) is 23.8 Å². The highest BCUT2D eigenvalue weighted by molar-refractivity contribution is 7.12. The molecule has 0 unspecified atom stereocenters. The van der Waals surface area contributed by atoms with Gasteiger partial charge in [-0.2, -0.15) is 0 Å². The Morgan fingerprint density at radius 2 is 2.00 bits per heavy atom. The van der Waals surface area contributed by atoms with Gasteiger partial charge in [0.25, 0.3) is 0 Å². The van der Waals surface area contributed by atoms with Gasteiger partial charge in [0.2, 0.25) is 0 Å². The van der Waals surface area contributed by atoms with Gasteiger partial charge in [0.15, 0.2) is 0 Å². The van der Waals surface area contributed by atoms with Crippen molar-refractivity contribution in [2.45, 2.75) is 13.8 Å². The van der Waals surface area contributed by atoms with Crippen molar-refractivity contribution < 1.29 is 9.90 Å². The lowest BCUT2D eigenvalue weighted by molar-refractivity contribution is 0.0702. The maximum Gasteiger partial charge on any atom is 0.345 e. The zero-order valence-corrected chi connectivity index (χ0v) is 9.97. The minimum atomic E-state index is -0.860. The molecule has 0 spiro atoms. The molecule has 16 heavy (non-hydrogen) atoms. The maximum absolute atomic E-state index is 10.8. The number of aromatic carboxylic acids is 1. The van der Waals surface area contributed by atoms with E-state index in [9.17, 15) is 4.79 Å². The summed E-state index contributed by atoms with van der Waals surface area (Å²) in [5.74, 6) is -0.860. The van der Waals surface area contributed by atoms with Gasteiger partial charge < -0.3 is 5.11 Å². The Bertz CT molecular complexity index is 541. The first-order valence-corrected chi connectivity index (χ1v) is 5.85. The third-order valence-corrected chi connectivity index (χ3v) is 3.43. The zero-order chi connectivity index (χ0) is 11.7. The molecule has 0 saturated carbocycles. The first-order valence-electron chi connectivity index (χ1n) is 4.97. The molecule has 0 radical (unpaired) electrons. The van der Waals surface area contributed by atoms with Gasteiger partial charge in [-0.15, -0.1) is 11.3 Å². The highest BCUT2D eigenvalue weighted by Gasteiger charge is 2.09. The lowest BCUT2D eigenvalue weighted by Crippen LogP contribution is -1.90. The highest BCUT2D eigenvalue weighted by atomic mass is 32.1. The molecular weight excluding hydrogens is 220 g/mol. The molecule has 2 nitrogen and oxygen atoms in total. The van der Waals surface area contributed by atoms with Crippen molar-refractivity contribution in [3.63, 3.8) is 0 Å². The predicted molar refractivity (Wildman–Crippen MR) is 66.2 cm³/mol. The summed E-state index contributed by atoms with van der Waals surface area (Å²) in [7, 11) is 0. The van der Waals surface area contributed by atoms with Gasteiger partial charge in [0.05, 0.1) is 0 Å². The second-order valence-electron chi connectivity index (χ2n) is 3.82. The number of thiophene rings is 1. The summed E-state index contributed by atoms with van der Waals surface area (Å²) < 4.78 is 0. The summed E-state index contributed by atoms with van der Waals surface area (Å²) in [6.45, 7) is 4.07. The summed E-state index contributed by atoms with van der Waals surface area (Å²) in [5, 5.41) is 10.8. The Balaban J connectivity index is 2.50. The molecule has 2 rings (SSSR count). The lowest BCUT2D eigenvalue weighted by Gasteiger charge is -2.04. The van der Waals surface area contributed by atoms with Crippen LogP contribution in [0, 0.1) is 13.8 Å². The van der Waals surface area contributed by atoms with Crippen LogP contribution in [0.2, 0.25) is 0 Å². The van der Waals surface area contributed by atoms with E-state index in [2.05, 4.69) is 18.2 Å². The average molecular weight is 232 g/mol. The van der Waals surface area contributed by atoms with E-state index in [1.54, 1.807) is 6.07 Å². The monoisotopic (exact) mass is 232 g/mol. The molecule has 1 aromatic heterocycles. The Hall–Kier alpha value is -1.61. The van der Waals surface area contributed by atoms with Gasteiger partial charge in [0, 0.05) is 0 Å². The molecule has 0 bridgehead atoms. The number of carbonyl (C=O) groups is 1. The van der Waals surface area contributed by atoms with Crippen LogP contribution >= 0.6 is 11.3 Å². The first kappa shape index (κ1) is 10.9. The maximum atomic E-state index is 10.8. The van der Waals surface area contributed by atoms with Gasteiger partial charge in [-0.25, -0.2) is 4.79 Å². The topological polar surface area (TPSA) is 37.3 Å². The Kier molecular flexibility index (Phi) is 2.79. The number of aryl methyl sites for hydroxylation is 2. The lowest BCUT2D eigenvalue weighted by atomic mass is 10.0. The number of hydrogen-bond donors (Lipinski definition) is 1. The van der Waals surface area contributed by atoms with E-state index in [0.717, 1.165) is 11.1 Å². The SMILES string of the molecule is Cc1ccc(C)c(-c2csc(C(=O)O)c2)c1. The van der Waals surface area contributed by atoms with Crippen molar-refractivity contribution in [3.8, 4) is 11.1 Å². The van der Waals surface area contributed by atoms with Crippen LogP contribution in [0.5, 0.6) is 0 Å². The molecule has 0 aliphatic rings. The van der Waals surface area contributed by atoms with Gasteiger partial charge in [0.1, 0.15) is 4.88 Å². The standard InChI is InChI=1S/C13H12O2S/c1-8-3-4-9(2)11(5-8)10-6-12(13(14)15)16-7-10/h3-7H,1-2H3,(H,14,15). The fraction of sp³-hybridized carbons (Fsp3) is 0.154. The third kappa shape index (κ3) is 1.99. The quantitative estimate of drug-likeness (QED) is 0.856. The van der Waals surface area contributed by atoms with Crippen LogP contribution in [0.15, 0.2) is 29.6 Å². The van der Waals surface area contributed by atoms with Crippen molar-refractivity contribution in [1.82, 2.24) is 0 Å². The van der Waals surface area contributed by atoms with E-state index in [4.69, 9.17) is 5.11 Å². The summed E-state index contributed by atoms with van der Waals surface area (Å²) in [6.07, 6.45) is 0. The van der Waals surface area contributed by atoms with E-state index in [1.807, 2.05) is 19.2 Å². The molecule has 3 heteroatoms. The number of carboxylic acid groups (broad SMARTS) is 1. The van der Waals surface area contributed by atoms with Crippen LogP contribution in [0.25, 0.3) is 11.1 Å².